The van der Waals surface area contributed by atoms with Crippen LogP contribution in [0.15, 0.2) is 10.6 Å². The van der Waals surface area contributed by atoms with Crippen LogP contribution in [0.3, 0.4) is 0 Å². The van der Waals surface area contributed by atoms with E-state index < -0.39 is 0 Å². The van der Waals surface area contributed by atoms with Gasteiger partial charge in [0, 0.05) is 5.70 Å². The number of nitrogens with one attached hydrogen (secondary N) is 1. The summed E-state index contributed by atoms with van der Waals surface area (Å²) in [6.07, 6.45) is 0.819. The number of carbonyl (C=O) groups excluding carboxylic acids is 1. The van der Waals surface area contributed by atoms with E-state index in [0.717, 1.165) is 12.0 Å². The first-order valence-corrected chi connectivity index (χ1v) is 3.47. The minimum atomic E-state index is -0.134. The topological polar surface area (TPSA) is 55.1 Å². The van der Waals surface area contributed by atoms with Gasteiger partial charge in [0.2, 0.25) is 0 Å². The van der Waals surface area contributed by atoms with Gasteiger partial charge in [-0.1, -0.05) is 11.8 Å². The summed E-state index contributed by atoms with van der Waals surface area (Å²) in [5.41, 5.74) is 6.19. The maximum atomic E-state index is 10.2. The van der Waals surface area contributed by atoms with Gasteiger partial charge in [-0.15, -0.1) is 0 Å². The van der Waals surface area contributed by atoms with Gasteiger partial charge in [-0.05, 0) is 6.92 Å². The third-order valence-electron chi connectivity index (χ3n) is 1.09. The molecule has 0 aromatic heterocycles. The molecule has 3 nitrogen and oxygen atoms in total. The fraction of sp³-hybridized carbons (Fsp3) is 0.400. The van der Waals surface area contributed by atoms with Crippen LogP contribution in [0.1, 0.15) is 6.92 Å². The van der Waals surface area contributed by atoms with E-state index in [1.54, 1.807) is 0 Å². The molecular weight excluding hydrogens is 136 g/mol. The zero-order valence-corrected chi connectivity index (χ0v) is 5.87. The van der Waals surface area contributed by atoms with E-state index in [-0.39, 0.29) is 5.50 Å². The molecule has 0 bridgehead atoms. The second-order valence-corrected chi connectivity index (χ2v) is 2.97. The first-order valence-electron chi connectivity index (χ1n) is 2.59. The molecule has 0 aliphatic carbocycles. The van der Waals surface area contributed by atoms with Crippen LogP contribution in [0.4, 0.5) is 0 Å². The van der Waals surface area contributed by atoms with Crippen LogP contribution >= 0.6 is 11.8 Å². The molecule has 9 heavy (non-hydrogen) atoms. The highest BCUT2D eigenvalue weighted by atomic mass is 32.2. The largest absolute Gasteiger partial charge is 0.364 e. The summed E-state index contributed by atoms with van der Waals surface area (Å²) in [6.45, 7) is 1.84. The van der Waals surface area contributed by atoms with Crippen LogP contribution in [0.2, 0.25) is 0 Å². The van der Waals surface area contributed by atoms with E-state index in [2.05, 4.69) is 5.32 Å². The van der Waals surface area contributed by atoms with Gasteiger partial charge in [-0.2, -0.15) is 0 Å². The molecule has 3 N–H and O–H groups in total. The normalized spacial score (nSPS) is 26.2. The monoisotopic (exact) mass is 144 g/mol. The third kappa shape index (κ3) is 1.25. The standard InChI is InChI=1S/C5H8N2OS/c1-3-4(2-8)9-5(6)7-3/h2,5,7H,6H2,1H3. The Hall–Kier alpha value is -0.480. The molecule has 1 atom stereocenters. The zero-order valence-electron chi connectivity index (χ0n) is 5.05. The summed E-state index contributed by atoms with van der Waals surface area (Å²) in [7, 11) is 0. The summed E-state index contributed by atoms with van der Waals surface area (Å²) in [6, 6.07) is 0. The number of hydrogen-bond acceptors (Lipinski definition) is 4. The van der Waals surface area contributed by atoms with Crippen molar-refractivity contribution in [3.05, 3.63) is 10.6 Å². The number of thioether (sulfide) groups is 1. The summed E-state index contributed by atoms with van der Waals surface area (Å²) < 4.78 is 0. The number of nitrogens with two attached hydrogens (primary N) is 1. The molecule has 0 aromatic rings. The Balaban J connectivity index is 2.69. The lowest BCUT2D eigenvalue weighted by atomic mass is 10.4. The second kappa shape index (κ2) is 2.41. The zero-order chi connectivity index (χ0) is 6.85. The van der Waals surface area contributed by atoms with Crippen molar-refractivity contribution in [3.63, 3.8) is 0 Å². The average molecular weight is 144 g/mol. The van der Waals surface area contributed by atoms with Gasteiger partial charge >= 0.3 is 0 Å². The molecular formula is C5H8N2OS. The molecule has 1 aliphatic rings. The summed E-state index contributed by atoms with van der Waals surface area (Å²) in [5, 5.41) is 2.91. The molecule has 0 aromatic carbocycles. The minimum absolute atomic E-state index is 0.134. The molecule has 0 fully saturated rings. The highest BCUT2D eigenvalue weighted by molar-refractivity contribution is 8.04. The molecule has 0 amide bonds. The Labute approximate surface area is 57.7 Å². The van der Waals surface area contributed by atoms with Crippen molar-refractivity contribution < 1.29 is 4.79 Å². The number of hydrogen-bond donors (Lipinski definition) is 2. The lowest BCUT2D eigenvalue weighted by Crippen LogP contribution is -2.28. The Morgan fingerprint density at radius 2 is 2.56 bits per heavy atom. The van der Waals surface area contributed by atoms with Crippen LogP contribution in [0.5, 0.6) is 0 Å². The first-order chi connectivity index (χ1) is 4.24. The fourth-order valence-electron chi connectivity index (χ4n) is 0.655. The van der Waals surface area contributed by atoms with E-state index in [9.17, 15) is 4.79 Å². The Bertz CT molecular complexity index is 166. The Kier molecular flexibility index (Phi) is 1.78. The van der Waals surface area contributed by atoms with Gasteiger partial charge in [-0.3, -0.25) is 4.79 Å². The van der Waals surface area contributed by atoms with Crippen molar-refractivity contribution in [1.29, 1.82) is 0 Å². The van der Waals surface area contributed by atoms with Crippen LogP contribution in [0, 0.1) is 0 Å². The molecule has 0 saturated carbocycles. The molecule has 50 valence electrons. The van der Waals surface area contributed by atoms with Gasteiger partial charge in [0.15, 0.2) is 6.29 Å². The van der Waals surface area contributed by atoms with Gasteiger partial charge in [0.05, 0.1) is 4.91 Å². The quantitative estimate of drug-likeness (QED) is 0.508. The lowest BCUT2D eigenvalue weighted by Gasteiger charge is -2.00. The van der Waals surface area contributed by atoms with E-state index in [1.165, 1.54) is 11.8 Å². The van der Waals surface area contributed by atoms with Crippen molar-refractivity contribution in [1.82, 2.24) is 5.32 Å². The van der Waals surface area contributed by atoms with Crippen molar-refractivity contribution in [2.75, 3.05) is 0 Å². The number of rotatable bonds is 1. The smallest absolute Gasteiger partial charge is 0.158 e. The van der Waals surface area contributed by atoms with Gasteiger partial charge in [0.25, 0.3) is 0 Å². The maximum absolute atomic E-state index is 10.2. The first kappa shape index (κ1) is 6.64. The third-order valence-corrected chi connectivity index (χ3v) is 2.12. The fourth-order valence-corrected chi connectivity index (χ4v) is 1.46. The molecule has 0 saturated heterocycles. The Morgan fingerprint density at radius 3 is 2.78 bits per heavy atom. The highest BCUT2D eigenvalue weighted by Crippen LogP contribution is 2.24. The van der Waals surface area contributed by atoms with Gasteiger partial charge in [0.1, 0.15) is 5.50 Å². The predicted molar refractivity (Wildman–Crippen MR) is 37.5 cm³/mol. The minimum Gasteiger partial charge on any atom is -0.364 e. The van der Waals surface area contributed by atoms with Crippen molar-refractivity contribution in [2.45, 2.75) is 12.4 Å². The summed E-state index contributed by atoms with van der Waals surface area (Å²) in [5.74, 6) is 0. The molecule has 0 radical (unpaired) electrons. The van der Waals surface area contributed by atoms with Crippen LogP contribution < -0.4 is 11.1 Å². The highest BCUT2D eigenvalue weighted by Gasteiger charge is 2.16. The maximum Gasteiger partial charge on any atom is 0.158 e. The molecule has 1 aliphatic heterocycles. The lowest BCUT2D eigenvalue weighted by molar-refractivity contribution is -0.104. The van der Waals surface area contributed by atoms with Crippen LogP contribution in [-0.2, 0) is 4.79 Å². The average Bonchev–Trinajstić information content (AvgIpc) is 2.10. The Morgan fingerprint density at radius 1 is 1.89 bits per heavy atom. The molecule has 0 spiro atoms. The SMILES string of the molecule is CC1=C(C=O)SC(N)N1. The van der Waals surface area contributed by atoms with E-state index in [4.69, 9.17) is 5.73 Å². The van der Waals surface area contributed by atoms with Crippen LogP contribution in [-0.4, -0.2) is 11.8 Å². The number of allylic oxidation sites excluding steroid dienone is 2. The van der Waals surface area contributed by atoms with Crippen molar-refractivity contribution in [3.8, 4) is 0 Å². The van der Waals surface area contributed by atoms with Gasteiger partial charge < -0.3 is 11.1 Å². The summed E-state index contributed by atoms with van der Waals surface area (Å²) in [4.78, 5) is 10.9. The number of aldehydes is 1. The van der Waals surface area contributed by atoms with E-state index >= 15 is 0 Å². The van der Waals surface area contributed by atoms with Gasteiger partial charge in [-0.25, -0.2) is 0 Å². The molecule has 1 heterocycles. The molecule has 1 rings (SSSR count). The molecule has 1 unspecified atom stereocenters. The second-order valence-electron chi connectivity index (χ2n) is 1.79. The molecule has 4 heteroatoms. The van der Waals surface area contributed by atoms with Crippen molar-refractivity contribution >= 4 is 18.0 Å². The summed E-state index contributed by atoms with van der Waals surface area (Å²) >= 11 is 1.35. The van der Waals surface area contributed by atoms with Crippen LogP contribution in [0.25, 0.3) is 0 Å². The van der Waals surface area contributed by atoms with E-state index in [0.29, 0.717) is 4.91 Å². The number of carbonyl (C=O) groups is 1. The van der Waals surface area contributed by atoms with Crippen molar-refractivity contribution in [2.24, 2.45) is 5.73 Å². The van der Waals surface area contributed by atoms with E-state index in [1.807, 2.05) is 6.92 Å². The predicted octanol–water partition coefficient (Wildman–Crippen LogP) is -0.00450.